The standard InChI is InChI=1S/C14H21I.C9H12/c1-11-5-7-12(8-6-11)13(10-15)9-14(2,3)4;1-3-9-6-4-8(2)5-7-9/h5-8,13H,9-10H2,1-4H3;4-7H,3H2,1-2H3. The Labute approximate surface area is 163 Å². The average Bonchev–Trinajstić information content (AvgIpc) is 2.54. The van der Waals surface area contributed by atoms with Crippen molar-refractivity contribution in [1.82, 2.24) is 0 Å². The van der Waals surface area contributed by atoms with E-state index in [1.807, 2.05) is 0 Å². The molecule has 0 fully saturated rings. The van der Waals surface area contributed by atoms with E-state index in [1.54, 1.807) is 0 Å². The fourth-order valence-corrected chi connectivity index (χ4v) is 3.48. The molecule has 0 N–H and O–H groups in total. The molecule has 2 aromatic rings. The molecule has 0 bridgehead atoms. The minimum Gasteiger partial charge on any atom is -0.0857 e. The summed E-state index contributed by atoms with van der Waals surface area (Å²) in [5, 5.41) is 0. The first-order chi connectivity index (χ1) is 11.2. The number of benzene rings is 2. The Bertz CT molecular complexity index is 573. The molecule has 0 spiro atoms. The van der Waals surface area contributed by atoms with Gasteiger partial charge in [0.05, 0.1) is 0 Å². The number of hydrogen-bond donors (Lipinski definition) is 0. The van der Waals surface area contributed by atoms with Crippen molar-refractivity contribution in [2.75, 3.05) is 4.43 Å². The number of aryl methyl sites for hydroxylation is 3. The van der Waals surface area contributed by atoms with Gasteiger partial charge in [-0.1, -0.05) is 110 Å². The lowest BCUT2D eigenvalue weighted by molar-refractivity contribution is 0.352. The summed E-state index contributed by atoms with van der Waals surface area (Å²) in [7, 11) is 0. The van der Waals surface area contributed by atoms with Gasteiger partial charge in [0.1, 0.15) is 0 Å². The fraction of sp³-hybridized carbons (Fsp3) is 0.478. The van der Waals surface area contributed by atoms with E-state index in [2.05, 4.69) is 113 Å². The van der Waals surface area contributed by atoms with Gasteiger partial charge in [-0.3, -0.25) is 0 Å². The summed E-state index contributed by atoms with van der Waals surface area (Å²) < 4.78 is 1.21. The van der Waals surface area contributed by atoms with Crippen LogP contribution >= 0.6 is 22.6 Å². The van der Waals surface area contributed by atoms with Gasteiger partial charge in [-0.05, 0) is 49.1 Å². The van der Waals surface area contributed by atoms with Crippen LogP contribution in [0.2, 0.25) is 0 Å². The topological polar surface area (TPSA) is 0 Å². The Morgan fingerprint density at radius 2 is 1.29 bits per heavy atom. The first-order valence-corrected chi connectivity index (χ1v) is 10.5. The highest BCUT2D eigenvalue weighted by Gasteiger charge is 2.19. The van der Waals surface area contributed by atoms with E-state index < -0.39 is 0 Å². The minimum atomic E-state index is 0.417. The zero-order valence-electron chi connectivity index (χ0n) is 16.2. The van der Waals surface area contributed by atoms with Gasteiger partial charge in [0.25, 0.3) is 0 Å². The maximum atomic E-state index is 2.50. The number of hydrogen-bond acceptors (Lipinski definition) is 0. The van der Waals surface area contributed by atoms with Crippen molar-refractivity contribution < 1.29 is 0 Å². The van der Waals surface area contributed by atoms with Gasteiger partial charge >= 0.3 is 0 Å². The molecule has 0 saturated heterocycles. The quantitative estimate of drug-likeness (QED) is 0.344. The van der Waals surface area contributed by atoms with Gasteiger partial charge in [-0.25, -0.2) is 0 Å². The van der Waals surface area contributed by atoms with Crippen molar-refractivity contribution in [3.63, 3.8) is 0 Å². The van der Waals surface area contributed by atoms with E-state index in [0.29, 0.717) is 11.3 Å². The smallest absolute Gasteiger partial charge is 0.00644 e. The van der Waals surface area contributed by atoms with Gasteiger partial charge in [0, 0.05) is 4.43 Å². The largest absolute Gasteiger partial charge is 0.0857 e. The molecule has 2 rings (SSSR count). The molecule has 132 valence electrons. The zero-order chi connectivity index (χ0) is 18.2. The van der Waals surface area contributed by atoms with Crippen LogP contribution in [-0.4, -0.2) is 4.43 Å². The molecule has 0 radical (unpaired) electrons. The van der Waals surface area contributed by atoms with Gasteiger partial charge in [0.2, 0.25) is 0 Å². The molecule has 2 aromatic carbocycles. The van der Waals surface area contributed by atoms with E-state index in [0.717, 1.165) is 6.42 Å². The molecular formula is C23H33I. The third kappa shape index (κ3) is 8.32. The average molecular weight is 436 g/mol. The van der Waals surface area contributed by atoms with Gasteiger partial charge in [-0.2, -0.15) is 0 Å². The maximum absolute atomic E-state index is 2.50. The van der Waals surface area contributed by atoms with Crippen molar-refractivity contribution >= 4 is 22.6 Å². The Morgan fingerprint density at radius 1 is 0.833 bits per heavy atom. The lowest BCUT2D eigenvalue weighted by Gasteiger charge is -2.25. The van der Waals surface area contributed by atoms with Crippen molar-refractivity contribution in [2.24, 2.45) is 5.41 Å². The predicted octanol–water partition coefficient (Wildman–Crippen LogP) is 7.51. The molecule has 0 aliphatic heterocycles. The van der Waals surface area contributed by atoms with Gasteiger partial charge in [0.15, 0.2) is 0 Å². The monoisotopic (exact) mass is 436 g/mol. The lowest BCUT2D eigenvalue weighted by atomic mass is 9.82. The third-order valence-electron chi connectivity index (χ3n) is 4.12. The summed E-state index contributed by atoms with van der Waals surface area (Å²) in [6, 6.07) is 17.7. The van der Waals surface area contributed by atoms with Crippen LogP contribution in [-0.2, 0) is 6.42 Å². The Kier molecular flexibility index (Phi) is 9.04. The Morgan fingerprint density at radius 3 is 1.67 bits per heavy atom. The van der Waals surface area contributed by atoms with Crippen LogP contribution in [0, 0.1) is 19.3 Å². The van der Waals surface area contributed by atoms with Crippen LogP contribution < -0.4 is 0 Å². The second-order valence-electron chi connectivity index (χ2n) is 7.87. The van der Waals surface area contributed by atoms with Crippen LogP contribution in [0.15, 0.2) is 48.5 Å². The summed E-state index contributed by atoms with van der Waals surface area (Å²) >= 11 is 2.50. The highest BCUT2D eigenvalue weighted by molar-refractivity contribution is 14.1. The molecule has 0 aliphatic carbocycles. The normalized spacial score (nSPS) is 12.3. The molecule has 0 aromatic heterocycles. The molecule has 0 heterocycles. The second kappa shape index (κ2) is 10.2. The van der Waals surface area contributed by atoms with Crippen molar-refractivity contribution in [3.05, 3.63) is 70.8 Å². The number of rotatable bonds is 4. The van der Waals surface area contributed by atoms with Gasteiger partial charge < -0.3 is 0 Å². The summed E-state index contributed by atoms with van der Waals surface area (Å²) in [6.45, 7) is 13.4. The molecule has 0 aliphatic rings. The molecule has 0 saturated carbocycles. The zero-order valence-corrected chi connectivity index (χ0v) is 18.4. The van der Waals surface area contributed by atoms with Gasteiger partial charge in [-0.15, -0.1) is 0 Å². The molecular weight excluding hydrogens is 403 g/mol. The highest BCUT2D eigenvalue weighted by Crippen LogP contribution is 2.32. The van der Waals surface area contributed by atoms with Crippen LogP contribution in [0.3, 0.4) is 0 Å². The highest BCUT2D eigenvalue weighted by atomic mass is 127. The third-order valence-corrected chi connectivity index (χ3v) is 5.19. The minimum absolute atomic E-state index is 0.417. The first-order valence-electron chi connectivity index (χ1n) is 8.93. The molecule has 0 amide bonds. The van der Waals surface area contributed by atoms with E-state index in [9.17, 15) is 0 Å². The Hall–Kier alpha value is -0.830. The first kappa shape index (κ1) is 21.2. The summed E-state index contributed by atoms with van der Waals surface area (Å²) in [5.74, 6) is 0.700. The van der Waals surface area contributed by atoms with E-state index >= 15 is 0 Å². The molecule has 1 atom stereocenters. The predicted molar refractivity (Wildman–Crippen MR) is 117 cm³/mol. The van der Waals surface area contributed by atoms with Crippen molar-refractivity contribution in [2.45, 2.75) is 60.3 Å². The summed E-state index contributed by atoms with van der Waals surface area (Å²) in [4.78, 5) is 0. The lowest BCUT2D eigenvalue weighted by Crippen LogP contribution is -2.13. The fourth-order valence-electron chi connectivity index (χ4n) is 2.66. The molecule has 1 unspecified atom stereocenters. The van der Waals surface area contributed by atoms with Crippen molar-refractivity contribution in [3.8, 4) is 0 Å². The van der Waals surface area contributed by atoms with Crippen LogP contribution in [0.4, 0.5) is 0 Å². The van der Waals surface area contributed by atoms with Crippen LogP contribution in [0.25, 0.3) is 0 Å². The summed E-state index contributed by atoms with van der Waals surface area (Å²) in [5.41, 5.74) is 6.01. The van der Waals surface area contributed by atoms with E-state index in [4.69, 9.17) is 0 Å². The van der Waals surface area contributed by atoms with Crippen LogP contribution in [0.1, 0.15) is 62.3 Å². The SMILES string of the molecule is CCc1ccc(C)cc1.Cc1ccc(C(CI)CC(C)(C)C)cc1. The number of alkyl halides is 1. The van der Waals surface area contributed by atoms with E-state index in [1.165, 1.54) is 33.1 Å². The summed E-state index contributed by atoms with van der Waals surface area (Å²) in [6.07, 6.45) is 2.40. The van der Waals surface area contributed by atoms with E-state index in [-0.39, 0.29) is 0 Å². The molecule has 1 heteroatoms. The Balaban J connectivity index is 0.000000272. The second-order valence-corrected chi connectivity index (χ2v) is 8.75. The molecule has 0 nitrogen and oxygen atoms in total. The number of halogens is 1. The molecule has 24 heavy (non-hydrogen) atoms. The van der Waals surface area contributed by atoms with Crippen molar-refractivity contribution in [1.29, 1.82) is 0 Å². The van der Waals surface area contributed by atoms with Crippen LogP contribution in [0.5, 0.6) is 0 Å². The maximum Gasteiger partial charge on any atom is 0.00644 e.